The Hall–Kier alpha value is -2.24. The SMILES string of the molecule is OC[C@@H]1O[C@H](CNCc2ccc(F)cc2)[C@H](N2CCN(c3cccc(C(F)(F)F)c3)CC2)[C@@H]1O. The molecule has 4 atom stereocenters. The number of ether oxygens (including phenoxy) is 1. The molecule has 2 saturated heterocycles. The Labute approximate surface area is 195 Å². The van der Waals surface area contributed by atoms with Crippen LogP contribution in [0.25, 0.3) is 0 Å². The van der Waals surface area contributed by atoms with E-state index in [1.807, 2.05) is 4.90 Å². The quantitative estimate of drug-likeness (QED) is 0.525. The molecule has 2 heterocycles. The van der Waals surface area contributed by atoms with Crippen LogP contribution in [0, 0.1) is 5.82 Å². The third kappa shape index (κ3) is 5.69. The summed E-state index contributed by atoms with van der Waals surface area (Å²) in [5.41, 5.74) is 0.749. The number of hydrogen-bond acceptors (Lipinski definition) is 6. The Morgan fingerprint density at radius 2 is 1.71 bits per heavy atom. The van der Waals surface area contributed by atoms with Crippen molar-refractivity contribution in [3.8, 4) is 0 Å². The fourth-order valence-corrected chi connectivity index (χ4v) is 4.71. The van der Waals surface area contributed by atoms with Gasteiger partial charge in [0.25, 0.3) is 0 Å². The molecule has 0 aromatic heterocycles. The summed E-state index contributed by atoms with van der Waals surface area (Å²) in [6.07, 6.45) is -6.36. The second kappa shape index (κ2) is 10.6. The summed E-state index contributed by atoms with van der Waals surface area (Å²) in [5, 5.41) is 23.7. The van der Waals surface area contributed by atoms with Crippen LogP contribution in [0.3, 0.4) is 0 Å². The second-order valence-electron chi connectivity index (χ2n) is 8.71. The molecule has 0 amide bonds. The minimum absolute atomic E-state index is 0.305. The molecular formula is C24H29F4N3O3. The summed E-state index contributed by atoms with van der Waals surface area (Å²) in [6, 6.07) is 11.1. The number of alkyl halides is 3. The van der Waals surface area contributed by atoms with Crippen LogP contribution in [0.1, 0.15) is 11.1 Å². The van der Waals surface area contributed by atoms with Crippen LogP contribution in [-0.2, 0) is 17.5 Å². The van der Waals surface area contributed by atoms with Crippen LogP contribution >= 0.6 is 0 Å². The van der Waals surface area contributed by atoms with Gasteiger partial charge in [-0.25, -0.2) is 4.39 Å². The minimum Gasteiger partial charge on any atom is -0.394 e. The molecule has 2 aromatic rings. The first-order valence-corrected chi connectivity index (χ1v) is 11.3. The Kier molecular flexibility index (Phi) is 7.73. The molecular weight excluding hydrogens is 454 g/mol. The van der Waals surface area contributed by atoms with Crippen molar-refractivity contribution < 1.29 is 32.5 Å². The summed E-state index contributed by atoms with van der Waals surface area (Å²) >= 11 is 0. The van der Waals surface area contributed by atoms with Crippen molar-refractivity contribution in [3.05, 3.63) is 65.5 Å². The van der Waals surface area contributed by atoms with Crippen molar-refractivity contribution >= 4 is 5.69 Å². The molecule has 0 unspecified atom stereocenters. The van der Waals surface area contributed by atoms with Crippen LogP contribution < -0.4 is 10.2 Å². The van der Waals surface area contributed by atoms with Gasteiger partial charge in [0.05, 0.1) is 24.3 Å². The summed E-state index contributed by atoms with van der Waals surface area (Å²) < 4.78 is 58.2. The van der Waals surface area contributed by atoms with Crippen LogP contribution in [0.2, 0.25) is 0 Å². The van der Waals surface area contributed by atoms with Gasteiger partial charge in [-0.1, -0.05) is 18.2 Å². The van der Waals surface area contributed by atoms with E-state index < -0.39 is 23.9 Å². The number of anilines is 1. The molecule has 186 valence electrons. The average molecular weight is 484 g/mol. The van der Waals surface area contributed by atoms with Gasteiger partial charge in [-0.2, -0.15) is 13.2 Å². The first kappa shape index (κ1) is 24.9. The van der Waals surface area contributed by atoms with Crippen molar-refractivity contribution in [2.24, 2.45) is 0 Å². The highest BCUT2D eigenvalue weighted by molar-refractivity contribution is 5.49. The molecule has 6 nitrogen and oxygen atoms in total. The van der Waals surface area contributed by atoms with Gasteiger partial charge in [0.2, 0.25) is 0 Å². The van der Waals surface area contributed by atoms with Gasteiger partial charge in [0, 0.05) is 45.0 Å². The zero-order chi connectivity index (χ0) is 24.3. The first-order chi connectivity index (χ1) is 16.3. The van der Waals surface area contributed by atoms with Crippen molar-refractivity contribution in [1.82, 2.24) is 10.2 Å². The third-order valence-electron chi connectivity index (χ3n) is 6.50. The molecule has 34 heavy (non-hydrogen) atoms. The Morgan fingerprint density at radius 3 is 2.35 bits per heavy atom. The maximum Gasteiger partial charge on any atom is 0.416 e. The zero-order valence-electron chi connectivity index (χ0n) is 18.6. The number of aliphatic hydroxyl groups is 2. The normalized spacial score (nSPS) is 26.2. The fraction of sp³-hybridized carbons (Fsp3) is 0.500. The summed E-state index contributed by atoms with van der Waals surface area (Å²) in [7, 11) is 0. The fourth-order valence-electron chi connectivity index (χ4n) is 4.71. The Bertz CT molecular complexity index is 936. The molecule has 0 bridgehead atoms. The molecule has 0 saturated carbocycles. The van der Waals surface area contributed by atoms with Crippen molar-refractivity contribution in [3.63, 3.8) is 0 Å². The molecule has 0 radical (unpaired) electrons. The molecule has 3 N–H and O–H groups in total. The van der Waals surface area contributed by atoms with E-state index in [1.165, 1.54) is 18.2 Å². The number of aliphatic hydroxyl groups excluding tert-OH is 2. The third-order valence-corrected chi connectivity index (χ3v) is 6.50. The monoisotopic (exact) mass is 483 g/mol. The maximum atomic E-state index is 13.1. The van der Waals surface area contributed by atoms with E-state index in [4.69, 9.17) is 4.74 Å². The molecule has 10 heteroatoms. The number of halogens is 4. The first-order valence-electron chi connectivity index (χ1n) is 11.3. The van der Waals surface area contributed by atoms with E-state index in [1.54, 1.807) is 18.2 Å². The van der Waals surface area contributed by atoms with E-state index in [-0.39, 0.29) is 24.6 Å². The summed E-state index contributed by atoms with van der Waals surface area (Å²) in [4.78, 5) is 3.98. The van der Waals surface area contributed by atoms with Crippen LogP contribution in [0.15, 0.2) is 48.5 Å². The molecule has 0 aliphatic carbocycles. The van der Waals surface area contributed by atoms with E-state index >= 15 is 0 Å². The van der Waals surface area contributed by atoms with Crippen molar-refractivity contribution in [1.29, 1.82) is 0 Å². The van der Waals surface area contributed by atoms with Gasteiger partial charge in [-0.15, -0.1) is 0 Å². The van der Waals surface area contributed by atoms with Crippen molar-refractivity contribution in [2.45, 2.75) is 37.1 Å². The number of piperazine rings is 1. The lowest BCUT2D eigenvalue weighted by Crippen LogP contribution is -2.57. The van der Waals surface area contributed by atoms with E-state index in [0.717, 1.165) is 17.7 Å². The van der Waals surface area contributed by atoms with Gasteiger partial charge in [-0.3, -0.25) is 4.90 Å². The minimum atomic E-state index is -4.39. The molecule has 4 rings (SSSR count). The van der Waals surface area contributed by atoms with Gasteiger partial charge < -0.3 is 25.2 Å². The largest absolute Gasteiger partial charge is 0.416 e. The predicted octanol–water partition coefficient (Wildman–Crippen LogP) is 2.25. The number of nitrogens with one attached hydrogen (secondary N) is 1. The smallest absolute Gasteiger partial charge is 0.394 e. The van der Waals surface area contributed by atoms with Crippen LogP contribution in [0.4, 0.5) is 23.2 Å². The lowest BCUT2D eigenvalue weighted by atomic mass is 10.0. The molecule has 0 spiro atoms. The van der Waals surface area contributed by atoms with Gasteiger partial charge in [0.1, 0.15) is 18.0 Å². The van der Waals surface area contributed by atoms with Gasteiger partial charge >= 0.3 is 6.18 Å². The number of hydrogen-bond donors (Lipinski definition) is 3. The lowest BCUT2D eigenvalue weighted by Gasteiger charge is -2.41. The number of benzene rings is 2. The second-order valence-corrected chi connectivity index (χ2v) is 8.71. The summed E-state index contributed by atoms with van der Waals surface area (Å²) in [6.45, 7) is 2.69. The lowest BCUT2D eigenvalue weighted by molar-refractivity contribution is -0.137. The van der Waals surface area contributed by atoms with E-state index in [2.05, 4.69) is 10.2 Å². The van der Waals surface area contributed by atoms with E-state index in [9.17, 15) is 27.8 Å². The van der Waals surface area contributed by atoms with Crippen LogP contribution in [-0.4, -0.2) is 78.8 Å². The average Bonchev–Trinajstić information content (AvgIpc) is 3.15. The van der Waals surface area contributed by atoms with Gasteiger partial charge in [-0.05, 0) is 35.9 Å². The van der Waals surface area contributed by atoms with Crippen LogP contribution in [0.5, 0.6) is 0 Å². The predicted molar refractivity (Wildman–Crippen MR) is 119 cm³/mol. The highest BCUT2D eigenvalue weighted by Gasteiger charge is 2.46. The standard InChI is InChI=1S/C24H29F4N3O3/c25-18-6-4-16(5-7-18)13-29-14-20-22(23(33)21(15-32)34-20)31-10-8-30(9-11-31)19-3-1-2-17(12-19)24(26,27)28/h1-7,12,20-23,29,32-33H,8-11,13-15H2/t20-,21+,22+,23-/m1/s1. The van der Waals surface area contributed by atoms with E-state index in [0.29, 0.717) is 45.0 Å². The highest BCUT2D eigenvalue weighted by atomic mass is 19.4. The number of nitrogens with zero attached hydrogens (tertiary/aromatic N) is 2. The molecule has 2 aliphatic heterocycles. The number of rotatable bonds is 7. The molecule has 2 fully saturated rings. The molecule has 2 aliphatic rings. The highest BCUT2D eigenvalue weighted by Crippen LogP contribution is 2.32. The Morgan fingerprint density at radius 1 is 1.00 bits per heavy atom. The summed E-state index contributed by atoms with van der Waals surface area (Å²) in [5.74, 6) is -0.305. The Balaban J connectivity index is 1.37. The molecule has 2 aromatic carbocycles. The topological polar surface area (TPSA) is 68.2 Å². The van der Waals surface area contributed by atoms with Crippen molar-refractivity contribution in [2.75, 3.05) is 44.2 Å². The maximum absolute atomic E-state index is 13.1. The van der Waals surface area contributed by atoms with Gasteiger partial charge in [0.15, 0.2) is 0 Å². The zero-order valence-corrected chi connectivity index (χ0v) is 18.6.